The fourth-order valence-corrected chi connectivity index (χ4v) is 0.673. The first kappa shape index (κ1) is 6.55. The van der Waals surface area contributed by atoms with E-state index >= 15 is 0 Å². The van der Waals surface area contributed by atoms with Gasteiger partial charge in [0.05, 0.1) is 19.4 Å². The lowest BCUT2D eigenvalue weighted by Crippen LogP contribution is -2.20. The van der Waals surface area contributed by atoms with Crippen LogP contribution in [0.15, 0.2) is 4.99 Å². The maximum Gasteiger partial charge on any atom is 0.329 e. The third-order valence-corrected chi connectivity index (χ3v) is 1.47. The van der Waals surface area contributed by atoms with Crippen LogP contribution in [-0.4, -0.2) is 30.7 Å². The van der Waals surface area contributed by atoms with Gasteiger partial charge in [-0.3, -0.25) is 9.79 Å². The maximum atomic E-state index is 10.6. The highest BCUT2D eigenvalue weighted by Crippen LogP contribution is 2.10. The van der Waals surface area contributed by atoms with Crippen LogP contribution in [0.3, 0.4) is 0 Å². The lowest BCUT2D eigenvalue weighted by atomic mass is 10.3. The van der Waals surface area contributed by atoms with Gasteiger partial charge in [0.1, 0.15) is 0 Å². The van der Waals surface area contributed by atoms with Gasteiger partial charge in [0.25, 0.3) is 0 Å². The Hall–Kier alpha value is -0.570. The van der Waals surface area contributed by atoms with E-state index in [-0.39, 0.29) is 0 Å². The number of ether oxygens (including phenoxy) is 1. The lowest BCUT2D eigenvalue weighted by molar-refractivity contribution is -0.138. The molecule has 3 nitrogen and oxygen atoms in total. The van der Waals surface area contributed by atoms with Crippen molar-refractivity contribution in [3.8, 4) is 0 Å². The zero-order chi connectivity index (χ0) is 6.85. The molecule has 0 spiro atoms. The second-order valence-corrected chi connectivity index (χ2v) is 2.13. The van der Waals surface area contributed by atoms with Gasteiger partial charge in [-0.25, -0.2) is 0 Å². The molecule has 0 aromatic carbocycles. The summed E-state index contributed by atoms with van der Waals surface area (Å²) in [6, 6.07) is 0. The number of nitrogens with zero attached hydrogens (tertiary/aromatic N) is 1. The van der Waals surface area contributed by atoms with Crippen molar-refractivity contribution in [2.24, 2.45) is 4.99 Å². The third-order valence-electron chi connectivity index (χ3n) is 1.04. The van der Waals surface area contributed by atoms with Crippen LogP contribution in [0, 0.1) is 0 Å². The number of carbonyl (C=O) groups is 1. The average molecular weight is 148 g/mol. The van der Waals surface area contributed by atoms with E-state index < -0.39 is 11.3 Å². The van der Waals surface area contributed by atoms with Crippen molar-refractivity contribution in [2.75, 3.05) is 13.7 Å². The summed E-state index contributed by atoms with van der Waals surface area (Å²) in [6.45, 7) is 0.614. The Morgan fingerprint density at radius 2 is 2.56 bits per heavy atom. The molecule has 4 heteroatoms. The summed E-state index contributed by atoms with van der Waals surface area (Å²) in [5, 5.41) is -0.644. The minimum atomic E-state index is -0.644. The van der Waals surface area contributed by atoms with Gasteiger partial charge in [-0.15, -0.1) is 11.6 Å². The molecule has 50 valence electrons. The van der Waals surface area contributed by atoms with E-state index in [1.807, 2.05) is 0 Å². The molecular weight excluding hydrogens is 142 g/mol. The Balaban J connectivity index is 2.40. The number of carbonyl (C=O) groups excluding carboxylic acids is 1. The highest BCUT2D eigenvalue weighted by molar-refractivity contribution is 6.44. The number of halogens is 1. The first-order chi connectivity index (χ1) is 4.25. The molecule has 0 saturated heterocycles. The average Bonchev–Trinajstić information content (AvgIpc) is 2.66. The summed E-state index contributed by atoms with van der Waals surface area (Å²) in [6.07, 6.45) is 0. The molecule has 1 unspecified atom stereocenters. The van der Waals surface area contributed by atoms with Crippen LogP contribution in [0.2, 0.25) is 0 Å². The molecule has 1 atom stereocenters. The Labute approximate surface area is 57.7 Å². The Kier molecular flexibility index (Phi) is 1.71. The van der Waals surface area contributed by atoms with Crippen molar-refractivity contribution >= 4 is 23.3 Å². The van der Waals surface area contributed by atoms with Gasteiger partial charge in [0, 0.05) is 0 Å². The summed E-state index contributed by atoms with van der Waals surface area (Å²) in [5.74, 6) is -0.423. The van der Waals surface area contributed by atoms with E-state index in [0.29, 0.717) is 6.54 Å². The summed E-state index contributed by atoms with van der Waals surface area (Å²) < 4.78 is 4.36. The number of alkyl halides is 1. The topological polar surface area (TPSA) is 38.7 Å². The standard InChI is InChI=1S/C5H6ClNO2/c1-9-5(8)4(6)3-2-7-3/h4H,2H2,1H3. The fourth-order valence-electron chi connectivity index (χ4n) is 0.445. The molecule has 0 aromatic rings. The smallest absolute Gasteiger partial charge is 0.329 e. The van der Waals surface area contributed by atoms with Gasteiger partial charge in [-0.2, -0.15) is 0 Å². The van der Waals surface area contributed by atoms with Crippen molar-refractivity contribution in [3.05, 3.63) is 0 Å². The monoisotopic (exact) mass is 147 g/mol. The second kappa shape index (κ2) is 2.35. The summed E-state index contributed by atoms with van der Waals surface area (Å²) in [4.78, 5) is 14.3. The van der Waals surface area contributed by atoms with Gasteiger partial charge < -0.3 is 4.74 Å². The molecule has 1 rings (SSSR count). The number of aliphatic imine (C=N–C) groups is 1. The van der Waals surface area contributed by atoms with Crippen molar-refractivity contribution in [1.29, 1.82) is 0 Å². The van der Waals surface area contributed by atoms with Gasteiger partial charge in [-0.05, 0) is 0 Å². The molecule has 0 aliphatic carbocycles. The molecule has 0 radical (unpaired) electrons. The van der Waals surface area contributed by atoms with Crippen LogP contribution < -0.4 is 0 Å². The molecule has 9 heavy (non-hydrogen) atoms. The molecular formula is C5H6ClNO2. The molecule has 0 bridgehead atoms. The van der Waals surface area contributed by atoms with Crippen molar-refractivity contribution < 1.29 is 9.53 Å². The third kappa shape index (κ3) is 1.42. The van der Waals surface area contributed by atoms with Gasteiger partial charge in [0.2, 0.25) is 0 Å². The van der Waals surface area contributed by atoms with Crippen LogP contribution in [0.1, 0.15) is 0 Å². The zero-order valence-corrected chi connectivity index (χ0v) is 5.68. The van der Waals surface area contributed by atoms with E-state index in [4.69, 9.17) is 11.6 Å². The number of esters is 1. The minimum absolute atomic E-state index is 0.423. The van der Waals surface area contributed by atoms with Crippen LogP contribution in [0.4, 0.5) is 0 Å². The quantitative estimate of drug-likeness (QED) is 0.414. The Morgan fingerprint density at radius 1 is 2.00 bits per heavy atom. The van der Waals surface area contributed by atoms with Crippen LogP contribution >= 0.6 is 11.6 Å². The van der Waals surface area contributed by atoms with E-state index in [9.17, 15) is 4.79 Å². The number of rotatable bonds is 2. The Bertz CT molecular complexity index is 166. The van der Waals surface area contributed by atoms with Gasteiger partial charge in [-0.1, -0.05) is 0 Å². The number of hydrogen-bond acceptors (Lipinski definition) is 3. The number of methoxy groups -OCH3 is 1. The molecule has 1 aliphatic rings. The molecule has 0 fully saturated rings. The summed E-state index contributed by atoms with van der Waals surface area (Å²) in [5.41, 5.74) is 0.725. The normalized spacial score (nSPS) is 18.2. The van der Waals surface area contributed by atoms with Gasteiger partial charge >= 0.3 is 5.97 Å². The van der Waals surface area contributed by atoms with E-state index in [2.05, 4.69) is 9.73 Å². The SMILES string of the molecule is COC(=O)C(Cl)C1=NC1. The van der Waals surface area contributed by atoms with Crippen molar-refractivity contribution in [2.45, 2.75) is 5.38 Å². The fraction of sp³-hybridized carbons (Fsp3) is 0.600. The van der Waals surface area contributed by atoms with Crippen LogP contribution in [-0.2, 0) is 9.53 Å². The summed E-state index contributed by atoms with van der Waals surface area (Å²) >= 11 is 5.52. The highest BCUT2D eigenvalue weighted by atomic mass is 35.5. The highest BCUT2D eigenvalue weighted by Gasteiger charge is 2.27. The predicted octanol–water partition coefficient (Wildman–Crippen LogP) is 0.221. The largest absolute Gasteiger partial charge is 0.468 e. The molecule has 1 aliphatic heterocycles. The summed E-state index contributed by atoms with van der Waals surface area (Å²) in [7, 11) is 1.31. The molecule has 0 saturated carbocycles. The minimum Gasteiger partial charge on any atom is -0.468 e. The molecule has 1 heterocycles. The van der Waals surface area contributed by atoms with Crippen molar-refractivity contribution in [1.82, 2.24) is 0 Å². The first-order valence-corrected chi connectivity index (χ1v) is 2.94. The van der Waals surface area contributed by atoms with Gasteiger partial charge in [0.15, 0.2) is 5.38 Å². The second-order valence-electron chi connectivity index (χ2n) is 1.69. The van der Waals surface area contributed by atoms with E-state index in [0.717, 1.165) is 5.71 Å². The van der Waals surface area contributed by atoms with E-state index in [1.54, 1.807) is 0 Å². The molecule has 0 N–H and O–H groups in total. The predicted molar refractivity (Wildman–Crippen MR) is 34.0 cm³/mol. The van der Waals surface area contributed by atoms with Crippen LogP contribution in [0.25, 0.3) is 0 Å². The van der Waals surface area contributed by atoms with Crippen LogP contribution in [0.5, 0.6) is 0 Å². The zero-order valence-electron chi connectivity index (χ0n) is 4.93. The molecule has 0 aromatic heterocycles. The maximum absolute atomic E-state index is 10.6. The Morgan fingerprint density at radius 3 is 2.89 bits per heavy atom. The van der Waals surface area contributed by atoms with E-state index in [1.165, 1.54) is 7.11 Å². The van der Waals surface area contributed by atoms with Crippen molar-refractivity contribution in [3.63, 3.8) is 0 Å². The first-order valence-electron chi connectivity index (χ1n) is 2.51. The lowest BCUT2D eigenvalue weighted by Gasteiger charge is -1.98. The molecule has 0 amide bonds. The number of hydrogen-bond donors (Lipinski definition) is 0.